The van der Waals surface area contributed by atoms with Crippen LogP contribution in [0, 0.1) is 13.8 Å². The van der Waals surface area contributed by atoms with Crippen LogP contribution in [0.15, 0.2) is 36.5 Å². The molecule has 1 N–H and O–H groups in total. The van der Waals surface area contributed by atoms with E-state index < -0.39 is 0 Å². The number of aromatic nitrogens is 2. The first-order chi connectivity index (χ1) is 10.1. The summed E-state index contributed by atoms with van der Waals surface area (Å²) in [5.74, 6) is 0.865. The van der Waals surface area contributed by atoms with Gasteiger partial charge in [0, 0.05) is 13.1 Å². The smallest absolute Gasteiger partial charge is 0.144 e. The van der Waals surface area contributed by atoms with E-state index in [1.165, 1.54) is 5.56 Å². The molecular weight excluding hydrogens is 260 g/mol. The minimum atomic E-state index is 0.865. The van der Waals surface area contributed by atoms with Crippen LogP contribution in [-0.2, 0) is 6.54 Å². The fourth-order valence-electron chi connectivity index (χ4n) is 2.17. The molecule has 0 atom stereocenters. The summed E-state index contributed by atoms with van der Waals surface area (Å²) >= 11 is 0. The van der Waals surface area contributed by atoms with Gasteiger partial charge in [0.15, 0.2) is 0 Å². The van der Waals surface area contributed by atoms with Gasteiger partial charge in [0.1, 0.15) is 5.82 Å². The maximum Gasteiger partial charge on any atom is 0.144 e. The largest absolute Gasteiger partial charge is 0.369 e. The van der Waals surface area contributed by atoms with Crippen LogP contribution in [0.4, 0.5) is 5.82 Å². The van der Waals surface area contributed by atoms with Gasteiger partial charge in [0.05, 0.1) is 17.6 Å². The van der Waals surface area contributed by atoms with Gasteiger partial charge in [0.25, 0.3) is 0 Å². The highest BCUT2D eigenvalue weighted by atomic mass is 15.1. The summed E-state index contributed by atoms with van der Waals surface area (Å²) in [5, 5.41) is 3.33. The molecule has 0 bridgehead atoms. The van der Waals surface area contributed by atoms with Gasteiger partial charge in [-0.15, -0.1) is 0 Å². The zero-order valence-corrected chi connectivity index (χ0v) is 13.1. The number of nitrogens with one attached hydrogen (secondary N) is 1. The Labute approximate surface area is 127 Å². The molecule has 2 aromatic rings. The molecule has 4 nitrogen and oxygen atoms in total. The van der Waals surface area contributed by atoms with Gasteiger partial charge in [-0.2, -0.15) is 0 Å². The Morgan fingerprint density at radius 3 is 2.57 bits per heavy atom. The van der Waals surface area contributed by atoms with Crippen LogP contribution >= 0.6 is 0 Å². The third kappa shape index (κ3) is 5.16. The van der Waals surface area contributed by atoms with E-state index in [2.05, 4.69) is 57.6 Å². The van der Waals surface area contributed by atoms with Crippen molar-refractivity contribution in [1.82, 2.24) is 14.9 Å². The lowest BCUT2D eigenvalue weighted by Gasteiger charge is -2.16. The Balaban J connectivity index is 1.68. The summed E-state index contributed by atoms with van der Waals surface area (Å²) in [6.07, 6.45) is 2.88. The molecule has 1 heterocycles. The van der Waals surface area contributed by atoms with Crippen LogP contribution in [0.2, 0.25) is 0 Å². The van der Waals surface area contributed by atoms with Crippen molar-refractivity contribution in [2.45, 2.75) is 26.8 Å². The van der Waals surface area contributed by atoms with Crippen LogP contribution in [0.1, 0.15) is 23.4 Å². The fourth-order valence-corrected chi connectivity index (χ4v) is 2.17. The molecule has 0 aliphatic carbocycles. The van der Waals surface area contributed by atoms with Crippen LogP contribution in [-0.4, -0.2) is 35.0 Å². The molecule has 0 saturated heterocycles. The first kappa shape index (κ1) is 15.4. The van der Waals surface area contributed by atoms with Gasteiger partial charge in [-0.05, 0) is 39.4 Å². The average molecular weight is 284 g/mol. The van der Waals surface area contributed by atoms with E-state index in [0.29, 0.717) is 0 Å². The number of benzene rings is 1. The lowest BCUT2D eigenvalue weighted by Crippen LogP contribution is -2.21. The zero-order valence-electron chi connectivity index (χ0n) is 13.1. The lowest BCUT2D eigenvalue weighted by atomic mass is 10.2. The minimum absolute atomic E-state index is 0.865. The quantitative estimate of drug-likeness (QED) is 0.794. The lowest BCUT2D eigenvalue weighted by molar-refractivity contribution is 0.325. The van der Waals surface area contributed by atoms with Gasteiger partial charge < -0.3 is 10.2 Å². The van der Waals surface area contributed by atoms with Crippen molar-refractivity contribution in [2.24, 2.45) is 0 Å². The Kier molecular flexibility index (Phi) is 5.69. The second-order valence-corrected chi connectivity index (χ2v) is 5.43. The average Bonchev–Trinajstić information content (AvgIpc) is 2.48. The monoisotopic (exact) mass is 284 g/mol. The molecule has 1 aromatic carbocycles. The van der Waals surface area contributed by atoms with E-state index in [-0.39, 0.29) is 0 Å². The van der Waals surface area contributed by atoms with E-state index in [4.69, 9.17) is 0 Å². The van der Waals surface area contributed by atoms with Crippen molar-refractivity contribution < 1.29 is 0 Å². The van der Waals surface area contributed by atoms with Crippen molar-refractivity contribution in [1.29, 1.82) is 0 Å². The third-order valence-electron chi connectivity index (χ3n) is 3.51. The molecule has 0 saturated carbocycles. The molecule has 21 heavy (non-hydrogen) atoms. The van der Waals surface area contributed by atoms with Crippen molar-refractivity contribution in [3.05, 3.63) is 53.5 Å². The molecule has 2 rings (SSSR count). The van der Waals surface area contributed by atoms with Crippen LogP contribution < -0.4 is 5.32 Å². The molecule has 1 aromatic heterocycles. The Morgan fingerprint density at radius 1 is 1.10 bits per heavy atom. The van der Waals surface area contributed by atoms with Crippen LogP contribution in [0.3, 0.4) is 0 Å². The maximum absolute atomic E-state index is 4.47. The van der Waals surface area contributed by atoms with Gasteiger partial charge in [-0.1, -0.05) is 30.3 Å². The Hall–Kier alpha value is -1.94. The highest BCUT2D eigenvalue weighted by Gasteiger charge is 2.01. The van der Waals surface area contributed by atoms with Gasteiger partial charge in [0.2, 0.25) is 0 Å². The van der Waals surface area contributed by atoms with Crippen molar-refractivity contribution in [3.8, 4) is 0 Å². The van der Waals surface area contributed by atoms with E-state index >= 15 is 0 Å². The Bertz CT molecular complexity index is 554. The predicted octanol–water partition coefficient (Wildman–Crippen LogP) is 3.03. The molecule has 0 amide bonds. The fraction of sp³-hybridized carbons (Fsp3) is 0.412. The zero-order chi connectivity index (χ0) is 15.1. The summed E-state index contributed by atoms with van der Waals surface area (Å²) in [5.41, 5.74) is 3.33. The highest BCUT2D eigenvalue weighted by molar-refractivity contribution is 5.33. The number of rotatable bonds is 7. The normalized spacial score (nSPS) is 10.9. The summed E-state index contributed by atoms with van der Waals surface area (Å²) in [6.45, 7) is 6.92. The van der Waals surface area contributed by atoms with Crippen LogP contribution in [0.5, 0.6) is 0 Å². The molecule has 4 heteroatoms. The van der Waals surface area contributed by atoms with Gasteiger partial charge in [-0.3, -0.25) is 4.98 Å². The number of aryl methyl sites for hydroxylation is 2. The molecule has 0 aliphatic rings. The number of hydrogen-bond acceptors (Lipinski definition) is 4. The molecule has 0 radical (unpaired) electrons. The minimum Gasteiger partial charge on any atom is -0.369 e. The summed E-state index contributed by atoms with van der Waals surface area (Å²) in [6, 6.07) is 10.6. The van der Waals surface area contributed by atoms with Crippen molar-refractivity contribution >= 4 is 5.82 Å². The molecule has 0 spiro atoms. The van der Waals surface area contributed by atoms with Gasteiger partial charge >= 0.3 is 0 Å². The molecule has 112 valence electrons. The third-order valence-corrected chi connectivity index (χ3v) is 3.51. The number of hydrogen-bond donors (Lipinski definition) is 1. The predicted molar refractivity (Wildman–Crippen MR) is 87.4 cm³/mol. The van der Waals surface area contributed by atoms with E-state index in [0.717, 1.165) is 43.3 Å². The summed E-state index contributed by atoms with van der Waals surface area (Å²) in [7, 11) is 2.16. The summed E-state index contributed by atoms with van der Waals surface area (Å²) in [4.78, 5) is 11.1. The van der Waals surface area contributed by atoms with E-state index in [1.54, 1.807) is 6.20 Å². The SMILES string of the molecule is Cc1ncc(NCCCN(C)Cc2ccccc2)nc1C. The topological polar surface area (TPSA) is 41.1 Å². The van der Waals surface area contributed by atoms with E-state index in [9.17, 15) is 0 Å². The van der Waals surface area contributed by atoms with E-state index in [1.807, 2.05) is 13.8 Å². The Morgan fingerprint density at radius 2 is 1.86 bits per heavy atom. The maximum atomic E-state index is 4.47. The van der Waals surface area contributed by atoms with Crippen LogP contribution in [0.25, 0.3) is 0 Å². The number of anilines is 1. The molecule has 0 unspecified atom stereocenters. The number of nitrogens with zero attached hydrogens (tertiary/aromatic N) is 3. The molecule has 0 fully saturated rings. The summed E-state index contributed by atoms with van der Waals surface area (Å²) < 4.78 is 0. The van der Waals surface area contributed by atoms with Crippen molar-refractivity contribution in [3.63, 3.8) is 0 Å². The highest BCUT2D eigenvalue weighted by Crippen LogP contribution is 2.06. The second kappa shape index (κ2) is 7.74. The van der Waals surface area contributed by atoms with Gasteiger partial charge in [-0.25, -0.2) is 4.98 Å². The first-order valence-corrected chi connectivity index (χ1v) is 7.42. The molecular formula is C17H24N4. The standard InChI is InChI=1S/C17H24N4/c1-14-15(2)20-17(12-19-14)18-10-7-11-21(3)13-16-8-5-4-6-9-16/h4-6,8-9,12H,7,10-11,13H2,1-3H3,(H,18,20). The molecule has 0 aliphatic heterocycles. The van der Waals surface area contributed by atoms with Crippen molar-refractivity contribution in [2.75, 3.05) is 25.5 Å². The first-order valence-electron chi connectivity index (χ1n) is 7.42. The second-order valence-electron chi connectivity index (χ2n) is 5.43.